The fourth-order valence-corrected chi connectivity index (χ4v) is 3.81. The molecule has 140 valence electrons. The molecule has 5 nitrogen and oxygen atoms in total. The Labute approximate surface area is 164 Å². The first-order valence-electron chi connectivity index (χ1n) is 9.56. The van der Waals surface area contributed by atoms with Gasteiger partial charge >= 0.3 is 0 Å². The number of aryl methyl sites for hydroxylation is 1. The number of amides is 1. The average molecular weight is 370 g/mol. The summed E-state index contributed by atoms with van der Waals surface area (Å²) in [7, 11) is 0. The first-order valence-corrected chi connectivity index (χ1v) is 9.56. The van der Waals surface area contributed by atoms with Gasteiger partial charge in [0.05, 0.1) is 23.4 Å². The van der Waals surface area contributed by atoms with Crippen molar-refractivity contribution in [3.8, 4) is 11.8 Å². The molecule has 0 radical (unpaired) electrons. The van der Waals surface area contributed by atoms with Crippen LogP contribution in [0.4, 0.5) is 0 Å². The summed E-state index contributed by atoms with van der Waals surface area (Å²) in [6.45, 7) is 4.00. The predicted octanol–water partition coefficient (Wildman–Crippen LogP) is 4.03. The third-order valence-electron chi connectivity index (χ3n) is 5.38. The van der Waals surface area contributed by atoms with E-state index in [1.54, 1.807) is 12.1 Å². The van der Waals surface area contributed by atoms with E-state index in [2.05, 4.69) is 24.4 Å². The number of para-hydroxylation sites is 1. The molecule has 0 aliphatic heterocycles. The molecular weight excluding hydrogens is 348 g/mol. The first kappa shape index (κ1) is 18.0. The average Bonchev–Trinajstić information content (AvgIpc) is 3.31. The van der Waals surface area contributed by atoms with Crippen LogP contribution in [0.2, 0.25) is 0 Å². The number of nitriles is 1. The standard InChI is InChI=1S/C23H22N4O/c1-15-6-3-4-8-20(15)27-21-9-5-7-19(21)22(26-27)23(28)25-16(2)18-12-10-17(14-24)11-13-18/h3-4,6,8,10-13,16H,5,7,9H2,1-2H3,(H,25,28). The van der Waals surface area contributed by atoms with Crippen LogP contribution >= 0.6 is 0 Å². The number of aromatic nitrogens is 2. The highest BCUT2D eigenvalue weighted by Crippen LogP contribution is 2.29. The van der Waals surface area contributed by atoms with Gasteiger partial charge in [0.25, 0.3) is 5.91 Å². The second kappa shape index (κ2) is 7.32. The highest BCUT2D eigenvalue weighted by molar-refractivity contribution is 5.94. The van der Waals surface area contributed by atoms with Crippen molar-refractivity contribution in [2.45, 2.75) is 39.2 Å². The lowest BCUT2D eigenvalue weighted by Gasteiger charge is -2.14. The molecule has 0 saturated heterocycles. The Kier molecular flexibility index (Phi) is 4.70. The number of nitrogens with one attached hydrogen (secondary N) is 1. The molecule has 1 heterocycles. The molecule has 1 unspecified atom stereocenters. The molecule has 0 bridgehead atoms. The van der Waals surface area contributed by atoms with Crippen LogP contribution in [0.5, 0.6) is 0 Å². The van der Waals surface area contributed by atoms with E-state index in [1.165, 1.54) is 0 Å². The van der Waals surface area contributed by atoms with Crippen LogP contribution < -0.4 is 5.32 Å². The molecule has 4 rings (SSSR count). The third kappa shape index (κ3) is 3.18. The summed E-state index contributed by atoms with van der Waals surface area (Å²) in [6.07, 6.45) is 2.87. The summed E-state index contributed by atoms with van der Waals surface area (Å²) < 4.78 is 1.94. The Morgan fingerprint density at radius 1 is 1.18 bits per heavy atom. The fourth-order valence-electron chi connectivity index (χ4n) is 3.81. The van der Waals surface area contributed by atoms with Gasteiger partial charge in [0.2, 0.25) is 0 Å². The molecular formula is C23H22N4O. The van der Waals surface area contributed by atoms with E-state index in [0.29, 0.717) is 11.3 Å². The number of carbonyl (C=O) groups excluding carboxylic acids is 1. The van der Waals surface area contributed by atoms with Gasteiger partial charge in [-0.25, -0.2) is 4.68 Å². The Morgan fingerprint density at radius 3 is 2.64 bits per heavy atom. The van der Waals surface area contributed by atoms with Crippen molar-refractivity contribution in [2.24, 2.45) is 0 Å². The molecule has 1 N–H and O–H groups in total. The largest absolute Gasteiger partial charge is 0.344 e. The number of benzene rings is 2. The van der Waals surface area contributed by atoms with E-state index >= 15 is 0 Å². The highest BCUT2D eigenvalue weighted by Gasteiger charge is 2.28. The minimum atomic E-state index is -0.166. The number of carbonyl (C=O) groups is 1. The van der Waals surface area contributed by atoms with Crippen molar-refractivity contribution in [1.29, 1.82) is 5.26 Å². The Hall–Kier alpha value is -3.39. The topological polar surface area (TPSA) is 70.7 Å². The number of rotatable bonds is 4. The molecule has 1 atom stereocenters. The van der Waals surface area contributed by atoms with E-state index in [0.717, 1.165) is 47.3 Å². The molecule has 5 heteroatoms. The van der Waals surface area contributed by atoms with Gasteiger partial charge in [-0.2, -0.15) is 10.4 Å². The minimum Gasteiger partial charge on any atom is -0.344 e. The quantitative estimate of drug-likeness (QED) is 0.754. The number of fused-ring (bicyclic) bond motifs is 1. The highest BCUT2D eigenvalue weighted by atomic mass is 16.2. The molecule has 1 aromatic heterocycles. The van der Waals surface area contributed by atoms with Gasteiger partial charge in [0, 0.05) is 11.3 Å². The molecule has 0 spiro atoms. The summed E-state index contributed by atoms with van der Waals surface area (Å²) in [5.74, 6) is -0.151. The predicted molar refractivity (Wildman–Crippen MR) is 107 cm³/mol. The van der Waals surface area contributed by atoms with Gasteiger partial charge in [-0.3, -0.25) is 4.79 Å². The van der Waals surface area contributed by atoms with E-state index in [9.17, 15) is 4.79 Å². The molecule has 1 aliphatic carbocycles. The Balaban J connectivity index is 1.62. The summed E-state index contributed by atoms with van der Waals surface area (Å²) in [5, 5.41) is 16.7. The second-order valence-corrected chi connectivity index (χ2v) is 7.25. The maximum absolute atomic E-state index is 13.0. The molecule has 0 fully saturated rings. The van der Waals surface area contributed by atoms with Gasteiger partial charge < -0.3 is 5.32 Å². The summed E-state index contributed by atoms with van der Waals surface area (Å²) in [5.41, 5.74) is 6.46. The van der Waals surface area contributed by atoms with Crippen molar-refractivity contribution in [1.82, 2.24) is 15.1 Å². The normalized spacial score (nSPS) is 13.6. The fraction of sp³-hybridized carbons (Fsp3) is 0.261. The monoisotopic (exact) mass is 370 g/mol. The molecule has 3 aromatic rings. The zero-order chi connectivity index (χ0) is 19.7. The van der Waals surface area contributed by atoms with Crippen molar-refractivity contribution in [3.63, 3.8) is 0 Å². The second-order valence-electron chi connectivity index (χ2n) is 7.25. The molecule has 2 aromatic carbocycles. The van der Waals surface area contributed by atoms with Crippen LogP contribution in [0.1, 0.15) is 57.8 Å². The lowest BCUT2D eigenvalue weighted by atomic mass is 10.1. The smallest absolute Gasteiger partial charge is 0.272 e. The maximum atomic E-state index is 13.0. The van der Waals surface area contributed by atoms with E-state index in [-0.39, 0.29) is 11.9 Å². The van der Waals surface area contributed by atoms with Gasteiger partial charge in [-0.05, 0) is 62.4 Å². The van der Waals surface area contributed by atoms with Crippen molar-refractivity contribution in [3.05, 3.63) is 82.2 Å². The molecule has 1 amide bonds. The maximum Gasteiger partial charge on any atom is 0.272 e. The molecule has 1 aliphatic rings. The molecule has 28 heavy (non-hydrogen) atoms. The van der Waals surface area contributed by atoms with Crippen molar-refractivity contribution < 1.29 is 4.79 Å². The lowest BCUT2D eigenvalue weighted by Crippen LogP contribution is -2.28. The summed E-state index contributed by atoms with van der Waals surface area (Å²) >= 11 is 0. The lowest BCUT2D eigenvalue weighted by molar-refractivity contribution is 0.0933. The number of nitrogens with zero attached hydrogens (tertiary/aromatic N) is 3. The van der Waals surface area contributed by atoms with E-state index < -0.39 is 0 Å². The van der Waals surface area contributed by atoms with Crippen molar-refractivity contribution in [2.75, 3.05) is 0 Å². The van der Waals surface area contributed by atoms with Crippen LogP contribution in [-0.2, 0) is 12.8 Å². The van der Waals surface area contributed by atoms with Crippen LogP contribution in [0.25, 0.3) is 5.69 Å². The van der Waals surface area contributed by atoms with Gasteiger partial charge in [0.15, 0.2) is 5.69 Å². The van der Waals surface area contributed by atoms with Crippen LogP contribution in [-0.4, -0.2) is 15.7 Å². The Morgan fingerprint density at radius 2 is 1.93 bits per heavy atom. The van der Waals surface area contributed by atoms with Crippen LogP contribution in [0, 0.1) is 18.3 Å². The third-order valence-corrected chi connectivity index (χ3v) is 5.38. The van der Waals surface area contributed by atoms with Gasteiger partial charge in [-0.1, -0.05) is 30.3 Å². The van der Waals surface area contributed by atoms with Gasteiger partial charge in [-0.15, -0.1) is 0 Å². The minimum absolute atomic E-state index is 0.151. The molecule has 0 saturated carbocycles. The number of hydrogen-bond donors (Lipinski definition) is 1. The van der Waals surface area contributed by atoms with Crippen molar-refractivity contribution >= 4 is 5.91 Å². The van der Waals surface area contributed by atoms with Crippen LogP contribution in [0.3, 0.4) is 0 Å². The SMILES string of the molecule is Cc1ccccc1-n1nc(C(=O)NC(C)c2ccc(C#N)cc2)c2c1CCC2. The summed E-state index contributed by atoms with van der Waals surface area (Å²) in [6, 6.07) is 17.3. The number of hydrogen-bond acceptors (Lipinski definition) is 3. The zero-order valence-corrected chi connectivity index (χ0v) is 16.1. The van der Waals surface area contributed by atoms with E-state index in [1.807, 2.05) is 41.9 Å². The summed E-state index contributed by atoms with van der Waals surface area (Å²) in [4.78, 5) is 13.0. The van der Waals surface area contributed by atoms with E-state index in [4.69, 9.17) is 10.4 Å². The zero-order valence-electron chi connectivity index (χ0n) is 16.1. The van der Waals surface area contributed by atoms with Gasteiger partial charge in [0.1, 0.15) is 0 Å². The van der Waals surface area contributed by atoms with Crippen LogP contribution in [0.15, 0.2) is 48.5 Å². The Bertz CT molecular complexity index is 1070. The first-order chi connectivity index (χ1) is 13.6.